The predicted octanol–water partition coefficient (Wildman–Crippen LogP) is 3.42. The minimum atomic E-state index is -2.51. The molecule has 0 unspecified atom stereocenters. The van der Waals surface area contributed by atoms with Gasteiger partial charge in [0, 0.05) is 32.5 Å². The summed E-state index contributed by atoms with van der Waals surface area (Å²) < 4.78 is 26.3. The molecule has 0 spiro atoms. The molecule has 0 radical (unpaired) electrons. The summed E-state index contributed by atoms with van der Waals surface area (Å²) in [5, 5.41) is 0. The molecule has 0 bridgehead atoms. The van der Waals surface area contributed by atoms with Gasteiger partial charge in [0.15, 0.2) is 0 Å². The third-order valence-electron chi connectivity index (χ3n) is 3.69. The summed E-state index contributed by atoms with van der Waals surface area (Å²) in [7, 11) is 0. The van der Waals surface area contributed by atoms with Crippen LogP contribution in [0, 0.1) is 12.3 Å². The first kappa shape index (κ1) is 14.9. The number of hydrogen-bond acceptors (Lipinski definition) is 2. The number of piperidine rings is 1. The van der Waals surface area contributed by atoms with Gasteiger partial charge < -0.3 is 0 Å². The summed E-state index contributed by atoms with van der Waals surface area (Å²) in [5.74, 6) is 0.427. The van der Waals surface area contributed by atoms with E-state index in [9.17, 15) is 8.78 Å². The SMILES string of the molecule is C#Cc1cc(C(C)C)cc(CN2CCC(F)(F)CC2)n1. The second-order valence-electron chi connectivity index (χ2n) is 5.71. The standard InChI is InChI=1S/C16H20F2N2/c1-4-14-9-13(12(2)3)10-15(19-14)11-20-7-5-16(17,18)6-8-20/h1,9-10,12H,5-8,11H2,2-3H3. The highest BCUT2D eigenvalue weighted by Gasteiger charge is 2.33. The average molecular weight is 278 g/mol. The summed E-state index contributed by atoms with van der Waals surface area (Å²) in [5.41, 5.74) is 2.63. The molecule has 20 heavy (non-hydrogen) atoms. The van der Waals surface area contributed by atoms with Crippen LogP contribution in [0.5, 0.6) is 0 Å². The zero-order valence-electron chi connectivity index (χ0n) is 12.0. The van der Waals surface area contributed by atoms with Crippen molar-refractivity contribution in [1.29, 1.82) is 0 Å². The van der Waals surface area contributed by atoms with Crippen molar-refractivity contribution in [3.63, 3.8) is 0 Å². The van der Waals surface area contributed by atoms with Gasteiger partial charge in [0.05, 0.1) is 5.69 Å². The second-order valence-corrected chi connectivity index (χ2v) is 5.71. The average Bonchev–Trinajstić information content (AvgIpc) is 2.41. The monoisotopic (exact) mass is 278 g/mol. The molecule has 4 heteroatoms. The molecule has 0 N–H and O–H groups in total. The molecular weight excluding hydrogens is 258 g/mol. The van der Waals surface area contributed by atoms with Gasteiger partial charge in [0.25, 0.3) is 5.92 Å². The van der Waals surface area contributed by atoms with E-state index in [4.69, 9.17) is 6.42 Å². The highest BCUT2D eigenvalue weighted by molar-refractivity contribution is 5.32. The van der Waals surface area contributed by atoms with Crippen molar-refractivity contribution >= 4 is 0 Å². The zero-order valence-corrected chi connectivity index (χ0v) is 12.0. The fraction of sp³-hybridized carbons (Fsp3) is 0.562. The highest BCUT2D eigenvalue weighted by Crippen LogP contribution is 2.28. The van der Waals surface area contributed by atoms with Gasteiger partial charge in [0.1, 0.15) is 5.69 Å². The van der Waals surface area contributed by atoms with Crippen LogP contribution in [0.25, 0.3) is 0 Å². The molecule has 0 atom stereocenters. The van der Waals surface area contributed by atoms with Gasteiger partial charge in [-0.3, -0.25) is 4.90 Å². The molecule has 108 valence electrons. The van der Waals surface area contributed by atoms with Gasteiger partial charge in [0.2, 0.25) is 0 Å². The van der Waals surface area contributed by atoms with E-state index in [1.807, 2.05) is 17.0 Å². The molecule has 2 rings (SSSR count). The van der Waals surface area contributed by atoms with Crippen LogP contribution in [-0.2, 0) is 6.54 Å². The molecular formula is C16H20F2N2. The largest absolute Gasteiger partial charge is 0.297 e. The van der Waals surface area contributed by atoms with E-state index in [2.05, 4.69) is 24.8 Å². The Morgan fingerprint density at radius 2 is 2.00 bits per heavy atom. The number of halogens is 2. The Bertz CT molecular complexity index is 508. The van der Waals surface area contributed by atoms with E-state index in [-0.39, 0.29) is 12.8 Å². The summed E-state index contributed by atoms with van der Waals surface area (Å²) in [6.07, 6.45) is 5.29. The van der Waals surface area contributed by atoms with E-state index in [1.165, 1.54) is 0 Å². The number of rotatable bonds is 3. The summed E-state index contributed by atoms with van der Waals surface area (Å²) >= 11 is 0. The van der Waals surface area contributed by atoms with Crippen LogP contribution in [0.1, 0.15) is 49.6 Å². The van der Waals surface area contributed by atoms with E-state index in [0.29, 0.717) is 31.2 Å². The first-order valence-corrected chi connectivity index (χ1v) is 6.97. The van der Waals surface area contributed by atoms with Crippen LogP contribution >= 0.6 is 0 Å². The Morgan fingerprint density at radius 3 is 2.55 bits per heavy atom. The summed E-state index contributed by atoms with van der Waals surface area (Å²) in [6, 6.07) is 3.94. The smallest absolute Gasteiger partial charge is 0.250 e. The van der Waals surface area contributed by atoms with E-state index in [0.717, 1.165) is 11.3 Å². The number of nitrogens with zero attached hydrogens (tertiary/aromatic N) is 2. The van der Waals surface area contributed by atoms with Crippen molar-refractivity contribution in [1.82, 2.24) is 9.88 Å². The van der Waals surface area contributed by atoms with E-state index >= 15 is 0 Å². The van der Waals surface area contributed by atoms with Gasteiger partial charge in [-0.2, -0.15) is 0 Å². The number of pyridine rings is 1. The summed E-state index contributed by atoms with van der Waals surface area (Å²) in [6.45, 7) is 5.60. The first-order valence-electron chi connectivity index (χ1n) is 6.97. The molecule has 1 fully saturated rings. The molecule has 0 aliphatic carbocycles. The van der Waals surface area contributed by atoms with Gasteiger partial charge >= 0.3 is 0 Å². The summed E-state index contributed by atoms with van der Waals surface area (Å²) in [4.78, 5) is 6.42. The van der Waals surface area contributed by atoms with Crippen LogP contribution in [0.2, 0.25) is 0 Å². The topological polar surface area (TPSA) is 16.1 Å². The van der Waals surface area contributed by atoms with Gasteiger partial charge in [-0.15, -0.1) is 6.42 Å². The molecule has 0 saturated carbocycles. The maximum atomic E-state index is 13.1. The Balaban J connectivity index is 2.10. The minimum Gasteiger partial charge on any atom is -0.297 e. The van der Waals surface area contributed by atoms with Crippen molar-refractivity contribution in [2.24, 2.45) is 0 Å². The Morgan fingerprint density at radius 1 is 1.35 bits per heavy atom. The van der Waals surface area contributed by atoms with Crippen LogP contribution in [0.4, 0.5) is 8.78 Å². The van der Waals surface area contributed by atoms with Gasteiger partial charge in [-0.1, -0.05) is 19.8 Å². The molecule has 2 nitrogen and oxygen atoms in total. The highest BCUT2D eigenvalue weighted by atomic mass is 19.3. The molecule has 1 aromatic rings. The van der Waals surface area contributed by atoms with Crippen molar-refractivity contribution in [2.45, 2.75) is 45.1 Å². The maximum absolute atomic E-state index is 13.1. The molecule has 2 heterocycles. The maximum Gasteiger partial charge on any atom is 0.250 e. The third kappa shape index (κ3) is 3.77. The van der Waals surface area contributed by atoms with Crippen LogP contribution in [-0.4, -0.2) is 28.9 Å². The van der Waals surface area contributed by atoms with Crippen molar-refractivity contribution in [3.8, 4) is 12.3 Å². The van der Waals surface area contributed by atoms with E-state index < -0.39 is 5.92 Å². The fourth-order valence-corrected chi connectivity index (χ4v) is 2.37. The lowest BCUT2D eigenvalue weighted by atomic mass is 10.0. The molecule has 0 amide bonds. The Hall–Kier alpha value is -1.47. The van der Waals surface area contributed by atoms with Crippen LogP contribution < -0.4 is 0 Å². The zero-order chi connectivity index (χ0) is 14.8. The number of hydrogen-bond donors (Lipinski definition) is 0. The normalized spacial score (nSPS) is 19.0. The molecule has 1 aliphatic rings. The second kappa shape index (κ2) is 5.88. The van der Waals surface area contributed by atoms with Gasteiger partial charge in [-0.25, -0.2) is 13.8 Å². The van der Waals surface area contributed by atoms with Gasteiger partial charge in [-0.05, 0) is 23.6 Å². The number of aromatic nitrogens is 1. The van der Waals surface area contributed by atoms with Crippen LogP contribution in [0.15, 0.2) is 12.1 Å². The van der Waals surface area contributed by atoms with Crippen LogP contribution in [0.3, 0.4) is 0 Å². The number of likely N-dealkylation sites (tertiary alicyclic amines) is 1. The number of alkyl halides is 2. The van der Waals surface area contributed by atoms with Crippen molar-refractivity contribution in [2.75, 3.05) is 13.1 Å². The molecule has 0 aromatic carbocycles. The number of terminal acetylenes is 1. The van der Waals surface area contributed by atoms with Crippen molar-refractivity contribution in [3.05, 3.63) is 29.1 Å². The minimum absolute atomic E-state index is 0.0706. The fourth-order valence-electron chi connectivity index (χ4n) is 2.37. The Labute approximate surface area is 119 Å². The Kier molecular flexibility index (Phi) is 4.39. The molecule has 1 aromatic heterocycles. The first-order chi connectivity index (χ1) is 9.39. The molecule has 1 aliphatic heterocycles. The molecule has 1 saturated heterocycles. The van der Waals surface area contributed by atoms with E-state index in [1.54, 1.807) is 0 Å². The lowest BCUT2D eigenvalue weighted by Gasteiger charge is -2.31. The lowest BCUT2D eigenvalue weighted by molar-refractivity contribution is -0.0568. The van der Waals surface area contributed by atoms with Crippen molar-refractivity contribution < 1.29 is 8.78 Å². The quantitative estimate of drug-likeness (QED) is 0.788. The lowest BCUT2D eigenvalue weighted by Crippen LogP contribution is -2.39. The predicted molar refractivity (Wildman–Crippen MR) is 75.7 cm³/mol. The third-order valence-corrected chi connectivity index (χ3v) is 3.69.